The Bertz CT molecular complexity index is 1540. The number of hydrogen-bond donors (Lipinski definition) is 4. The van der Waals surface area contributed by atoms with Gasteiger partial charge in [-0.15, -0.1) is 11.3 Å². The molecule has 0 radical (unpaired) electrons. The van der Waals surface area contributed by atoms with Crippen molar-refractivity contribution in [3.8, 4) is 10.4 Å². The van der Waals surface area contributed by atoms with Crippen molar-refractivity contribution in [2.24, 2.45) is 0 Å². The number of thiophene rings is 1. The number of nitrogens with zero attached hydrogens (tertiary/aromatic N) is 1. The fraction of sp³-hybridized carbons (Fsp3) is 0.333. The molecule has 0 saturated heterocycles. The van der Waals surface area contributed by atoms with Crippen LogP contribution in [-0.2, 0) is 15.4 Å². The summed E-state index contributed by atoms with van der Waals surface area (Å²) in [5.74, 6) is -0.326. The van der Waals surface area contributed by atoms with Crippen LogP contribution in [0.5, 0.6) is 0 Å². The number of fused-ring (bicyclic) bond motifs is 1. The number of amides is 1. The topological polar surface area (TPSA) is 124 Å². The number of nitrogens with one attached hydrogen (secondary N) is 3. The summed E-state index contributed by atoms with van der Waals surface area (Å²) in [5.41, 5.74) is 2.70. The Labute approximate surface area is 220 Å². The smallest absolute Gasteiger partial charge is 0.268 e. The van der Waals surface area contributed by atoms with Crippen LogP contribution in [0.2, 0.25) is 0 Å². The zero-order valence-corrected chi connectivity index (χ0v) is 22.5. The molecule has 10 heteroatoms. The number of anilines is 1. The molecule has 1 aromatic carbocycles. The number of rotatable bonds is 6. The third-order valence-electron chi connectivity index (χ3n) is 6.72. The second-order valence-electron chi connectivity index (χ2n) is 10.4. The zero-order valence-electron chi connectivity index (χ0n) is 20.9. The number of sulfonamides is 1. The van der Waals surface area contributed by atoms with Crippen molar-refractivity contribution in [1.29, 1.82) is 0 Å². The van der Waals surface area contributed by atoms with Crippen molar-refractivity contribution >= 4 is 44.0 Å². The van der Waals surface area contributed by atoms with Crippen molar-refractivity contribution in [3.05, 3.63) is 65.3 Å². The Kier molecular flexibility index (Phi) is 6.59. The molecule has 8 nitrogen and oxygen atoms in total. The summed E-state index contributed by atoms with van der Waals surface area (Å²) in [6.07, 6.45) is 3.12. The van der Waals surface area contributed by atoms with Crippen LogP contribution in [-0.4, -0.2) is 41.5 Å². The molecule has 0 spiro atoms. The van der Waals surface area contributed by atoms with Crippen LogP contribution in [0.15, 0.2) is 58.9 Å². The highest BCUT2D eigenvalue weighted by Gasteiger charge is 2.29. The summed E-state index contributed by atoms with van der Waals surface area (Å²) in [4.78, 5) is 21.8. The van der Waals surface area contributed by atoms with Crippen LogP contribution in [0.3, 0.4) is 0 Å². The number of aliphatic hydroxyl groups is 1. The van der Waals surface area contributed by atoms with E-state index in [2.05, 4.69) is 40.8 Å². The fourth-order valence-electron chi connectivity index (χ4n) is 4.67. The number of benzene rings is 1. The standard InChI is InChI=1S/C27H30N4O4S2/c1-27(2,3)16-9-11-18(12-10-16)37(34,35)31-17-14-19-23(22-8-5-13-36-22)24(30-25(19)28-15-17)26(33)29-20-6-4-7-21(20)32/h5,8-15,20-21,31-32H,4,6-7H2,1-3H3,(H,28,30)(H,29,33). The summed E-state index contributed by atoms with van der Waals surface area (Å²) < 4.78 is 28.9. The summed E-state index contributed by atoms with van der Waals surface area (Å²) in [7, 11) is -3.85. The molecule has 3 aromatic heterocycles. The molecule has 194 valence electrons. The number of aromatic amines is 1. The van der Waals surface area contributed by atoms with Crippen molar-refractivity contribution in [2.75, 3.05) is 4.72 Å². The van der Waals surface area contributed by atoms with Gasteiger partial charge in [-0.1, -0.05) is 39.0 Å². The number of hydrogen-bond acceptors (Lipinski definition) is 6. The van der Waals surface area contributed by atoms with Crippen molar-refractivity contribution in [2.45, 2.75) is 62.5 Å². The molecule has 4 N–H and O–H groups in total. The zero-order chi connectivity index (χ0) is 26.4. The Morgan fingerprint density at radius 1 is 1.16 bits per heavy atom. The molecule has 1 aliphatic carbocycles. The van der Waals surface area contributed by atoms with Gasteiger partial charge in [0.2, 0.25) is 0 Å². The molecule has 1 amide bonds. The van der Waals surface area contributed by atoms with Crippen molar-refractivity contribution in [1.82, 2.24) is 15.3 Å². The normalized spacial score (nSPS) is 18.3. The summed E-state index contributed by atoms with van der Waals surface area (Å²) in [5, 5.41) is 15.7. The molecule has 5 rings (SSSR count). The van der Waals surface area contributed by atoms with Gasteiger partial charge in [-0.05, 0) is 59.9 Å². The monoisotopic (exact) mass is 538 g/mol. The van der Waals surface area contributed by atoms with E-state index in [9.17, 15) is 18.3 Å². The molecule has 1 saturated carbocycles. The van der Waals surface area contributed by atoms with E-state index in [1.165, 1.54) is 17.5 Å². The summed E-state index contributed by atoms with van der Waals surface area (Å²) >= 11 is 1.47. The SMILES string of the molecule is CC(C)(C)c1ccc(S(=O)(=O)Nc2cnc3[nH]c(C(=O)NC4CCCC4O)c(-c4cccs4)c3c2)cc1. The highest BCUT2D eigenvalue weighted by molar-refractivity contribution is 7.92. The van der Waals surface area contributed by atoms with Gasteiger partial charge in [0.25, 0.3) is 15.9 Å². The van der Waals surface area contributed by atoms with E-state index < -0.39 is 16.1 Å². The highest BCUT2D eigenvalue weighted by Crippen LogP contribution is 2.36. The molecule has 1 aliphatic rings. The number of aromatic nitrogens is 2. The predicted molar refractivity (Wildman–Crippen MR) is 146 cm³/mol. The van der Waals surface area contributed by atoms with Gasteiger partial charge >= 0.3 is 0 Å². The van der Waals surface area contributed by atoms with Gasteiger partial charge < -0.3 is 15.4 Å². The first kappa shape index (κ1) is 25.4. The maximum Gasteiger partial charge on any atom is 0.268 e. The minimum atomic E-state index is -3.85. The van der Waals surface area contributed by atoms with Crippen LogP contribution in [0.25, 0.3) is 21.5 Å². The van der Waals surface area contributed by atoms with Crippen LogP contribution < -0.4 is 10.0 Å². The number of H-pyrrole nitrogens is 1. The number of pyridine rings is 1. The number of carbonyl (C=O) groups excluding carboxylic acids is 1. The van der Waals surface area contributed by atoms with E-state index in [0.717, 1.165) is 23.3 Å². The van der Waals surface area contributed by atoms with Gasteiger partial charge in [-0.3, -0.25) is 9.52 Å². The number of carbonyl (C=O) groups is 1. The molecular weight excluding hydrogens is 508 g/mol. The summed E-state index contributed by atoms with van der Waals surface area (Å²) in [6.45, 7) is 6.21. The Balaban J connectivity index is 1.49. The van der Waals surface area contributed by atoms with Crippen LogP contribution in [0.1, 0.15) is 56.1 Å². The Hall–Kier alpha value is -3.21. The molecular formula is C27H30N4O4S2. The van der Waals surface area contributed by atoms with E-state index in [0.29, 0.717) is 34.4 Å². The van der Waals surface area contributed by atoms with Gasteiger partial charge in [-0.25, -0.2) is 13.4 Å². The third-order valence-corrected chi connectivity index (χ3v) is 9.01. The lowest BCUT2D eigenvalue weighted by atomic mass is 9.87. The molecule has 0 aliphatic heterocycles. The lowest BCUT2D eigenvalue weighted by Crippen LogP contribution is -2.40. The molecule has 3 heterocycles. The molecule has 2 unspecified atom stereocenters. The molecule has 4 aromatic rings. The first-order valence-electron chi connectivity index (χ1n) is 12.2. The minimum Gasteiger partial charge on any atom is -0.391 e. The van der Waals surface area contributed by atoms with E-state index in [-0.39, 0.29) is 22.3 Å². The second-order valence-corrected chi connectivity index (χ2v) is 13.1. The Morgan fingerprint density at radius 2 is 1.92 bits per heavy atom. The average Bonchev–Trinajstić information content (AvgIpc) is 3.58. The third kappa shape index (κ3) is 5.14. The fourth-order valence-corrected chi connectivity index (χ4v) is 6.50. The Morgan fingerprint density at radius 3 is 2.54 bits per heavy atom. The van der Waals surface area contributed by atoms with Crippen LogP contribution >= 0.6 is 11.3 Å². The number of aliphatic hydroxyl groups excluding tert-OH is 1. The van der Waals surface area contributed by atoms with E-state index in [4.69, 9.17) is 0 Å². The van der Waals surface area contributed by atoms with Gasteiger partial charge in [0.05, 0.1) is 28.9 Å². The van der Waals surface area contributed by atoms with E-state index in [1.807, 2.05) is 29.6 Å². The van der Waals surface area contributed by atoms with Crippen LogP contribution in [0.4, 0.5) is 5.69 Å². The van der Waals surface area contributed by atoms with Gasteiger partial charge in [-0.2, -0.15) is 0 Å². The van der Waals surface area contributed by atoms with Gasteiger partial charge in [0, 0.05) is 15.8 Å². The summed E-state index contributed by atoms with van der Waals surface area (Å²) in [6, 6.07) is 12.0. The highest BCUT2D eigenvalue weighted by atomic mass is 32.2. The predicted octanol–water partition coefficient (Wildman–Crippen LogP) is 5.03. The quantitative estimate of drug-likeness (QED) is 0.274. The minimum absolute atomic E-state index is 0.0863. The molecule has 0 bridgehead atoms. The lowest BCUT2D eigenvalue weighted by molar-refractivity contribution is 0.0870. The van der Waals surface area contributed by atoms with Crippen molar-refractivity contribution < 1.29 is 18.3 Å². The lowest BCUT2D eigenvalue weighted by Gasteiger charge is -2.19. The maximum atomic E-state index is 13.2. The van der Waals surface area contributed by atoms with E-state index >= 15 is 0 Å². The molecule has 1 fully saturated rings. The van der Waals surface area contributed by atoms with Crippen molar-refractivity contribution in [3.63, 3.8) is 0 Å². The average molecular weight is 539 g/mol. The van der Waals surface area contributed by atoms with E-state index in [1.54, 1.807) is 18.2 Å². The van der Waals surface area contributed by atoms with Crippen LogP contribution in [0, 0.1) is 0 Å². The largest absolute Gasteiger partial charge is 0.391 e. The molecule has 37 heavy (non-hydrogen) atoms. The molecule has 2 atom stereocenters. The second kappa shape index (κ2) is 9.59. The first-order chi connectivity index (χ1) is 17.5. The van der Waals surface area contributed by atoms with Gasteiger partial charge in [0.15, 0.2) is 0 Å². The van der Waals surface area contributed by atoms with Gasteiger partial charge in [0.1, 0.15) is 11.3 Å². The first-order valence-corrected chi connectivity index (χ1v) is 14.6. The maximum absolute atomic E-state index is 13.2.